The van der Waals surface area contributed by atoms with Crippen LogP contribution in [0, 0.1) is 0 Å². The fraction of sp³-hybridized carbons (Fsp3) is 0.636. The molecule has 1 aromatic heterocycles. The van der Waals surface area contributed by atoms with Crippen molar-refractivity contribution in [3.05, 3.63) is 30.0 Å². The van der Waals surface area contributed by atoms with E-state index in [0.717, 1.165) is 36.7 Å². The Morgan fingerprint density at radius 1 is 1.21 bits per heavy atom. The number of carbonyl (C=O) groups is 1. The molecule has 2 saturated heterocycles. The van der Waals surface area contributed by atoms with Crippen LogP contribution in [0.25, 0.3) is 10.9 Å². The van der Waals surface area contributed by atoms with E-state index in [9.17, 15) is 9.18 Å². The smallest absolute Gasteiger partial charge is 0.272 e. The van der Waals surface area contributed by atoms with Crippen LogP contribution in [-0.2, 0) is 0 Å². The molecule has 4 rings (SSSR count). The number of para-hydroxylation sites is 1. The number of rotatable bonds is 7. The Balaban J connectivity index is 1.45. The highest BCUT2D eigenvalue weighted by molar-refractivity contribution is 6.05. The molecule has 2 bridgehead atoms. The Hall–Kier alpha value is -1.95. The summed E-state index contributed by atoms with van der Waals surface area (Å²) in [6.45, 7) is 4.93. The first-order valence-electron chi connectivity index (χ1n) is 10.7. The van der Waals surface area contributed by atoms with Crippen molar-refractivity contribution in [2.45, 2.75) is 76.5 Å². The Morgan fingerprint density at radius 2 is 1.93 bits per heavy atom. The number of piperidine rings is 1. The van der Waals surface area contributed by atoms with Crippen molar-refractivity contribution >= 4 is 16.8 Å². The summed E-state index contributed by atoms with van der Waals surface area (Å²) in [6, 6.07) is 9.40. The van der Waals surface area contributed by atoms with Gasteiger partial charge in [-0.05, 0) is 65.0 Å². The molecular formula is C22H31FN4O. The van der Waals surface area contributed by atoms with Gasteiger partial charge >= 0.3 is 0 Å². The van der Waals surface area contributed by atoms with Gasteiger partial charge in [-0.15, -0.1) is 0 Å². The van der Waals surface area contributed by atoms with Gasteiger partial charge in [-0.2, -0.15) is 5.10 Å². The van der Waals surface area contributed by atoms with Crippen LogP contribution in [0.5, 0.6) is 0 Å². The molecule has 1 amide bonds. The lowest BCUT2D eigenvalue weighted by molar-refractivity contribution is 0.0836. The minimum absolute atomic E-state index is 0.0640. The molecular weight excluding hydrogens is 355 g/mol. The van der Waals surface area contributed by atoms with Gasteiger partial charge in [-0.25, -0.2) is 0 Å². The van der Waals surface area contributed by atoms with Crippen LogP contribution in [0.3, 0.4) is 0 Å². The number of benzene rings is 1. The molecule has 0 spiro atoms. The first-order valence-corrected chi connectivity index (χ1v) is 10.7. The maximum atomic E-state index is 13.0. The van der Waals surface area contributed by atoms with Gasteiger partial charge in [-0.1, -0.05) is 18.2 Å². The number of hydrogen-bond donors (Lipinski definition) is 1. The number of nitrogens with one attached hydrogen (secondary N) is 1. The summed E-state index contributed by atoms with van der Waals surface area (Å²) >= 11 is 0. The lowest BCUT2D eigenvalue weighted by atomic mass is 9.96. The third kappa shape index (κ3) is 3.66. The van der Waals surface area contributed by atoms with Crippen molar-refractivity contribution in [3.8, 4) is 0 Å². The monoisotopic (exact) mass is 386 g/mol. The average Bonchev–Trinajstić information content (AvgIpc) is 3.17. The van der Waals surface area contributed by atoms with E-state index < -0.39 is 0 Å². The number of fused-ring (bicyclic) bond motifs is 3. The summed E-state index contributed by atoms with van der Waals surface area (Å²) < 4.78 is 14.3. The molecule has 6 heteroatoms. The van der Waals surface area contributed by atoms with Crippen LogP contribution in [-0.4, -0.2) is 51.9 Å². The predicted octanol–water partition coefficient (Wildman–Crippen LogP) is 4.09. The van der Waals surface area contributed by atoms with Crippen LogP contribution in [0.15, 0.2) is 24.3 Å². The second-order valence-electron chi connectivity index (χ2n) is 8.56. The minimum Gasteiger partial charge on any atom is -0.348 e. The first kappa shape index (κ1) is 19.4. The van der Waals surface area contributed by atoms with Crippen LogP contribution >= 0.6 is 0 Å². The van der Waals surface area contributed by atoms with E-state index in [1.807, 2.05) is 28.9 Å². The van der Waals surface area contributed by atoms with Crippen molar-refractivity contribution in [2.75, 3.05) is 13.2 Å². The molecule has 152 valence electrons. The van der Waals surface area contributed by atoms with Crippen LogP contribution in [0.2, 0.25) is 0 Å². The van der Waals surface area contributed by atoms with Crippen molar-refractivity contribution in [2.24, 2.45) is 0 Å². The summed E-state index contributed by atoms with van der Waals surface area (Å²) in [5, 5.41) is 8.82. The van der Waals surface area contributed by atoms with Crippen molar-refractivity contribution in [1.29, 1.82) is 0 Å². The van der Waals surface area contributed by atoms with Crippen LogP contribution in [0.4, 0.5) is 4.39 Å². The molecule has 0 radical (unpaired) electrons. The molecule has 2 aromatic rings. The number of hydrogen-bond acceptors (Lipinski definition) is 3. The molecule has 2 fully saturated rings. The summed E-state index contributed by atoms with van der Waals surface area (Å²) in [4.78, 5) is 15.6. The molecule has 2 unspecified atom stereocenters. The molecule has 2 aliphatic rings. The number of halogens is 1. The van der Waals surface area contributed by atoms with Gasteiger partial charge in [0.25, 0.3) is 5.91 Å². The van der Waals surface area contributed by atoms with E-state index in [1.54, 1.807) is 0 Å². The second kappa shape index (κ2) is 8.19. The van der Waals surface area contributed by atoms with E-state index in [4.69, 9.17) is 0 Å². The Kier molecular flexibility index (Phi) is 5.67. The van der Waals surface area contributed by atoms with E-state index >= 15 is 0 Å². The average molecular weight is 387 g/mol. The van der Waals surface area contributed by atoms with Gasteiger partial charge < -0.3 is 5.32 Å². The van der Waals surface area contributed by atoms with Gasteiger partial charge in [0.2, 0.25) is 0 Å². The lowest BCUT2D eigenvalue weighted by Gasteiger charge is -2.39. The highest BCUT2D eigenvalue weighted by Crippen LogP contribution is 2.36. The van der Waals surface area contributed by atoms with Gasteiger partial charge in [0.15, 0.2) is 5.69 Å². The minimum atomic E-state index is -0.223. The Morgan fingerprint density at radius 3 is 2.61 bits per heavy atom. The quantitative estimate of drug-likeness (QED) is 0.729. The summed E-state index contributed by atoms with van der Waals surface area (Å²) in [6.07, 6.45) is 5.94. The molecule has 0 saturated carbocycles. The van der Waals surface area contributed by atoms with Crippen LogP contribution in [0.1, 0.15) is 68.9 Å². The standard InChI is InChI=1S/C22H31FN4O/c1-15(2)27-20-8-4-3-7-19(20)21(25-27)22(28)24-16-13-17-9-10-18(14-16)26(17)12-6-5-11-23/h3-4,7-8,15-18H,5-6,9-14H2,1-2H3,(H,24,28). The van der Waals surface area contributed by atoms with Gasteiger partial charge in [0, 0.05) is 29.6 Å². The first-order chi connectivity index (χ1) is 13.6. The summed E-state index contributed by atoms with van der Waals surface area (Å²) in [5.74, 6) is -0.0640. The molecule has 2 aliphatic heterocycles. The number of aromatic nitrogens is 2. The van der Waals surface area contributed by atoms with E-state index in [0.29, 0.717) is 24.2 Å². The van der Waals surface area contributed by atoms with Gasteiger partial charge in [0.05, 0.1) is 12.2 Å². The van der Waals surface area contributed by atoms with Gasteiger partial charge in [-0.3, -0.25) is 18.8 Å². The number of carbonyl (C=O) groups excluding carboxylic acids is 1. The largest absolute Gasteiger partial charge is 0.348 e. The highest BCUT2D eigenvalue weighted by Gasteiger charge is 2.40. The van der Waals surface area contributed by atoms with Crippen molar-refractivity contribution in [3.63, 3.8) is 0 Å². The number of amides is 1. The van der Waals surface area contributed by atoms with Crippen molar-refractivity contribution < 1.29 is 9.18 Å². The third-order valence-electron chi connectivity index (χ3n) is 6.34. The molecule has 1 aromatic carbocycles. The van der Waals surface area contributed by atoms with Crippen LogP contribution < -0.4 is 5.32 Å². The number of alkyl halides is 1. The highest BCUT2D eigenvalue weighted by atomic mass is 19.1. The lowest BCUT2D eigenvalue weighted by Crippen LogP contribution is -2.50. The molecule has 5 nitrogen and oxygen atoms in total. The molecule has 1 N–H and O–H groups in total. The fourth-order valence-corrected chi connectivity index (χ4v) is 5.05. The van der Waals surface area contributed by atoms with Crippen molar-refractivity contribution in [1.82, 2.24) is 20.0 Å². The molecule has 28 heavy (non-hydrogen) atoms. The fourth-order valence-electron chi connectivity index (χ4n) is 5.05. The predicted molar refractivity (Wildman–Crippen MR) is 109 cm³/mol. The maximum Gasteiger partial charge on any atom is 0.272 e. The second-order valence-corrected chi connectivity index (χ2v) is 8.56. The normalized spacial score (nSPS) is 24.9. The number of unbranched alkanes of at least 4 members (excludes halogenated alkanes) is 1. The van der Waals surface area contributed by atoms with E-state index in [2.05, 4.69) is 29.2 Å². The third-order valence-corrected chi connectivity index (χ3v) is 6.34. The Labute approximate surface area is 166 Å². The number of nitrogens with zero attached hydrogens (tertiary/aromatic N) is 3. The molecule has 0 aliphatic carbocycles. The Bertz CT molecular complexity index is 819. The van der Waals surface area contributed by atoms with Gasteiger partial charge in [0.1, 0.15) is 0 Å². The molecule has 2 atom stereocenters. The topological polar surface area (TPSA) is 50.2 Å². The summed E-state index contributed by atoms with van der Waals surface area (Å²) in [5.41, 5.74) is 1.53. The summed E-state index contributed by atoms with van der Waals surface area (Å²) in [7, 11) is 0. The molecule has 3 heterocycles. The van der Waals surface area contributed by atoms with E-state index in [1.165, 1.54) is 12.8 Å². The zero-order valence-corrected chi connectivity index (χ0v) is 16.9. The zero-order chi connectivity index (χ0) is 19.7. The zero-order valence-electron chi connectivity index (χ0n) is 16.9. The maximum absolute atomic E-state index is 13.0. The SMILES string of the molecule is CC(C)n1nc(C(=O)NC2CC3CCC(C2)N3CCCCF)c2ccccc21. The van der Waals surface area contributed by atoms with E-state index in [-0.39, 0.29) is 24.7 Å².